The number of anilines is 2. The molecule has 0 heterocycles. The number of para-hydroxylation sites is 1. The zero-order valence-electron chi connectivity index (χ0n) is 10.8. The molecule has 0 aliphatic rings. The van der Waals surface area contributed by atoms with Gasteiger partial charge in [-0.25, -0.2) is 8.42 Å². The normalized spacial score (nSPS) is 11.4. The highest BCUT2D eigenvalue weighted by Gasteiger charge is 2.13. The van der Waals surface area contributed by atoms with E-state index in [1.165, 1.54) is 6.07 Å². The molecule has 0 aliphatic carbocycles. The topological polar surface area (TPSA) is 81.4 Å². The minimum absolute atomic E-state index is 0.164. The summed E-state index contributed by atoms with van der Waals surface area (Å²) in [4.78, 5) is 0.164. The van der Waals surface area contributed by atoms with Crippen LogP contribution in [0.5, 0.6) is 0 Å². The lowest BCUT2D eigenvalue weighted by atomic mass is 10.2. The van der Waals surface area contributed by atoms with Crippen molar-refractivity contribution in [3.63, 3.8) is 0 Å². The number of sulfone groups is 1. The van der Waals surface area contributed by atoms with Gasteiger partial charge >= 0.3 is 0 Å². The van der Waals surface area contributed by atoms with E-state index in [0.29, 0.717) is 25.4 Å². The summed E-state index contributed by atoms with van der Waals surface area (Å²) in [7, 11) is -3.28. The Morgan fingerprint density at radius 3 is 2.72 bits per heavy atom. The molecule has 0 saturated carbocycles. The molecule has 6 heteroatoms. The zero-order chi connectivity index (χ0) is 13.6. The van der Waals surface area contributed by atoms with Crippen molar-refractivity contribution in [3.05, 3.63) is 18.2 Å². The van der Waals surface area contributed by atoms with E-state index in [2.05, 4.69) is 5.32 Å². The highest BCUT2D eigenvalue weighted by atomic mass is 32.2. The first-order chi connectivity index (χ1) is 8.46. The second-order valence-corrected chi connectivity index (χ2v) is 5.95. The van der Waals surface area contributed by atoms with Crippen molar-refractivity contribution in [1.82, 2.24) is 0 Å². The summed E-state index contributed by atoms with van der Waals surface area (Å²) in [6.07, 6.45) is 1.99. The van der Waals surface area contributed by atoms with Crippen molar-refractivity contribution in [2.24, 2.45) is 0 Å². The third-order valence-corrected chi connectivity index (χ3v) is 3.61. The van der Waals surface area contributed by atoms with Gasteiger partial charge in [0.05, 0.1) is 16.3 Å². The second-order valence-electron chi connectivity index (χ2n) is 3.97. The SMILES string of the molecule is CCOCCCNc1cccc(S(C)(=O)=O)c1N. The number of hydrogen-bond acceptors (Lipinski definition) is 5. The maximum atomic E-state index is 11.5. The van der Waals surface area contributed by atoms with E-state index in [9.17, 15) is 8.42 Å². The van der Waals surface area contributed by atoms with Gasteiger partial charge < -0.3 is 15.8 Å². The maximum absolute atomic E-state index is 11.5. The molecule has 0 spiro atoms. The van der Waals surface area contributed by atoms with Crippen LogP contribution < -0.4 is 11.1 Å². The van der Waals surface area contributed by atoms with Gasteiger partial charge in [0.25, 0.3) is 0 Å². The van der Waals surface area contributed by atoms with E-state index < -0.39 is 9.84 Å². The van der Waals surface area contributed by atoms with Crippen molar-refractivity contribution in [2.45, 2.75) is 18.2 Å². The van der Waals surface area contributed by atoms with Gasteiger partial charge in [0.2, 0.25) is 0 Å². The van der Waals surface area contributed by atoms with E-state index in [4.69, 9.17) is 10.5 Å². The van der Waals surface area contributed by atoms with Crippen LogP contribution >= 0.6 is 0 Å². The molecule has 0 atom stereocenters. The summed E-state index contributed by atoms with van der Waals surface area (Å²) in [5.41, 5.74) is 6.76. The van der Waals surface area contributed by atoms with Crippen LogP contribution in [0.3, 0.4) is 0 Å². The molecule has 0 saturated heterocycles. The zero-order valence-corrected chi connectivity index (χ0v) is 11.6. The standard InChI is InChI=1S/C12H20N2O3S/c1-3-17-9-5-8-14-10-6-4-7-11(12(10)13)18(2,15)16/h4,6-7,14H,3,5,8-9,13H2,1-2H3. The fourth-order valence-corrected chi connectivity index (χ4v) is 2.40. The monoisotopic (exact) mass is 272 g/mol. The largest absolute Gasteiger partial charge is 0.396 e. The first-order valence-electron chi connectivity index (χ1n) is 5.87. The summed E-state index contributed by atoms with van der Waals surface area (Å²) in [5.74, 6) is 0. The molecule has 0 amide bonds. The fraction of sp³-hybridized carbons (Fsp3) is 0.500. The number of hydrogen-bond donors (Lipinski definition) is 2. The molecule has 0 unspecified atom stereocenters. The number of nitrogen functional groups attached to an aromatic ring is 1. The van der Waals surface area contributed by atoms with Gasteiger partial charge in [0.15, 0.2) is 9.84 Å². The summed E-state index contributed by atoms with van der Waals surface area (Å²) in [6.45, 7) is 4.01. The molecule has 0 fully saturated rings. The minimum atomic E-state index is -3.28. The predicted octanol–water partition coefficient (Wildman–Crippen LogP) is 1.51. The maximum Gasteiger partial charge on any atom is 0.177 e. The van der Waals surface area contributed by atoms with Crippen LogP contribution in [0.4, 0.5) is 11.4 Å². The predicted molar refractivity (Wildman–Crippen MR) is 73.6 cm³/mol. The Labute approximate surface area is 108 Å². The summed E-state index contributed by atoms with van der Waals surface area (Å²) in [5, 5.41) is 3.11. The molecule has 0 aromatic heterocycles. The van der Waals surface area contributed by atoms with Crippen LogP contribution in [0.2, 0.25) is 0 Å². The first kappa shape index (κ1) is 14.8. The highest BCUT2D eigenvalue weighted by molar-refractivity contribution is 7.90. The summed E-state index contributed by atoms with van der Waals surface area (Å²) >= 11 is 0. The van der Waals surface area contributed by atoms with Crippen molar-refractivity contribution < 1.29 is 13.2 Å². The molecule has 3 N–H and O–H groups in total. The van der Waals surface area contributed by atoms with Gasteiger partial charge in [0.1, 0.15) is 0 Å². The molecular formula is C12H20N2O3S. The first-order valence-corrected chi connectivity index (χ1v) is 7.76. The van der Waals surface area contributed by atoms with Crippen LogP contribution in [-0.4, -0.2) is 34.4 Å². The number of nitrogens with one attached hydrogen (secondary N) is 1. The smallest absolute Gasteiger partial charge is 0.177 e. The van der Waals surface area contributed by atoms with E-state index in [-0.39, 0.29) is 10.6 Å². The Hall–Kier alpha value is -1.27. The quantitative estimate of drug-likeness (QED) is 0.581. The molecule has 1 rings (SSSR count). The van der Waals surface area contributed by atoms with E-state index in [1.54, 1.807) is 12.1 Å². The van der Waals surface area contributed by atoms with E-state index in [0.717, 1.165) is 12.7 Å². The molecule has 18 heavy (non-hydrogen) atoms. The van der Waals surface area contributed by atoms with Crippen molar-refractivity contribution >= 4 is 21.2 Å². The molecule has 1 aromatic rings. The molecule has 102 valence electrons. The third kappa shape index (κ3) is 4.19. The minimum Gasteiger partial charge on any atom is -0.396 e. The summed E-state index contributed by atoms with van der Waals surface area (Å²) < 4.78 is 28.2. The lowest BCUT2D eigenvalue weighted by Crippen LogP contribution is -2.10. The highest BCUT2D eigenvalue weighted by Crippen LogP contribution is 2.26. The van der Waals surface area contributed by atoms with Gasteiger partial charge in [-0.3, -0.25) is 0 Å². The van der Waals surface area contributed by atoms with Crippen LogP contribution in [-0.2, 0) is 14.6 Å². The fourth-order valence-electron chi connectivity index (χ4n) is 1.56. The molecular weight excluding hydrogens is 252 g/mol. The van der Waals surface area contributed by atoms with Gasteiger partial charge in [0, 0.05) is 26.0 Å². The molecule has 5 nitrogen and oxygen atoms in total. The number of nitrogens with two attached hydrogens (primary N) is 1. The molecule has 0 bridgehead atoms. The number of rotatable bonds is 7. The Kier molecular flexibility index (Phi) is 5.43. The number of benzene rings is 1. The summed E-state index contributed by atoms with van der Waals surface area (Å²) in [6, 6.07) is 4.96. The van der Waals surface area contributed by atoms with Crippen molar-refractivity contribution in [1.29, 1.82) is 0 Å². The van der Waals surface area contributed by atoms with Crippen LogP contribution in [0, 0.1) is 0 Å². The lowest BCUT2D eigenvalue weighted by Gasteiger charge is -2.12. The van der Waals surface area contributed by atoms with E-state index >= 15 is 0 Å². The van der Waals surface area contributed by atoms with Gasteiger partial charge in [-0.15, -0.1) is 0 Å². The number of ether oxygens (including phenoxy) is 1. The van der Waals surface area contributed by atoms with Crippen LogP contribution in [0.1, 0.15) is 13.3 Å². The average Bonchev–Trinajstić information content (AvgIpc) is 2.29. The van der Waals surface area contributed by atoms with Crippen LogP contribution in [0.15, 0.2) is 23.1 Å². The van der Waals surface area contributed by atoms with Gasteiger partial charge in [-0.1, -0.05) is 6.07 Å². The lowest BCUT2D eigenvalue weighted by molar-refractivity contribution is 0.147. The Morgan fingerprint density at radius 2 is 2.11 bits per heavy atom. The molecule has 1 aromatic carbocycles. The van der Waals surface area contributed by atoms with Crippen LogP contribution in [0.25, 0.3) is 0 Å². The Balaban J connectivity index is 2.67. The van der Waals surface area contributed by atoms with Gasteiger partial charge in [-0.2, -0.15) is 0 Å². The Bertz CT molecular complexity index is 486. The van der Waals surface area contributed by atoms with Crippen molar-refractivity contribution in [3.8, 4) is 0 Å². The molecule has 0 aliphatic heterocycles. The van der Waals surface area contributed by atoms with Crippen molar-refractivity contribution in [2.75, 3.05) is 37.1 Å². The van der Waals surface area contributed by atoms with Gasteiger partial charge in [-0.05, 0) is 25.5 Å². The van der Waals surface area contributed by atoms with E-state index in [1.807, 2.05) is 6.92 Å². The Morgan fingerprint density at radius 1 is 1.39 bits per heavy atom. The second kappa shape index (κ2) is 6.61. The molecule has 0 radical (unpaired) electrons. The average molecular weight is 272 g/mol. The third-order valence-electron chi connectivity index (χ3n) is 2.45.